The van der Waals surface area contributed by atoms with Crippen LogP contribution in [-0.2, 0) is 11.3 Å². The second-order valence-corrected chi connectivity index (χ2v) is 8.09. The van der Waals surface area contributed by atoms with Crippen molar-refractivity contribution in [1.82, 2.24) is 9.80 Å². The van der Waals surface area contributed by atoms with Crippen LogP contribution in [-0.4, -0.2) is 54.2 Å². The number of piperazine rings is 1. The maximum atomic E-state index is 12.7. The molecule has 0 spiro atoms. The van der Waals surface area contributed by atoms with E-state index in [-0.39, 0.29) is 11.9 Å². The van der Waals surface area contributed by atoms with Crippen LogP contribution < -0.4 is 5.32 Å². The summed E-state index contributed by atoms with van der Waals surface area (Å²) in [6, 6.07) is 15.8. The summed E-state index contributed by atoms with van der Waals surface area (Å²) in [5.41, 5.74) is 2.16. The molecule has 3 rings (SSSR count). The number of thioether (sulfide) groups is 1. The minimum absolute atomic E-state index is 0.0580. The molecule has 1 unspecified atom stereocenters. The molecule has 0 radical (unpaired) electrons. The Hall–Kier alpha value is -1.53. The molecule has 1 heterocycles. The van der Waals surface area contributed by atoms with E-state index >= 15 is 0 Å². The van der Waals surface area contributed by atoms with Gasteiger partial charge in [-0.25, -0.2) is 0 Å². The van der Waals surface area contributed by atoms with Crippen LogP contribution in [0.15, 0.2) is 53.4 Å². The number of anilines is 1. The van der Waals surface area contributed by atoms with E-state index in [9.17, 15) is 4.79 Å². The van der Waals surface area contributed by atoms with Crippen LogP contribution in [0.4, 0.5) is 5.69 Å². The summed E-state index contributed by atoms with van der Waals surface area (Å²) in [7, 11) is 0. The fraction of sp³-hybridized carbons (Fsp3) is 0.381. The number of carbonyl (C=O) groups is 1. The molecule has 27 heavy (non-hydrogen) atoms. The Bertz CT molecular complexity index is 760. The monoisotopic (exact) mass is 403 g/mol. The summed E-state index contributed by atoms with van der Waals surface area (Å²) in [4.78, 5) is 18.5. The molecule has 4 nitrogen and oxygen atoms in total. The Morgan fingerprint density at radius 2 is 1.78 bits per heavy atom. The summed E-state index contributed by atoms with van der Waals surface area (Å²) in [6.45, 7) is 6.63. The SMILES string of the molecule is CSc1ccccc1NC(=O)C(C)N1CCN(Cc2ccc(Cl)cc2)CC1. The number of halogens is 1. The van der Waals surface area contributed by atoms with Crippen molar-refractivity contribution in [3.8, 4) is 0 Å². The fourth-order valence-electron chi connectivity index (χ4n) is 3.31. The highest BCUT2D eigenvalue weighted by Crippen LogP contribution is 2.25. The number of rotatable bonds is 6. The van der Waals surface area contributed by atoms with E-state index in [4.69, 9.17) is 11.6 Å². The highest BCUT2D eigenvalue weighted by molar-refractivity contribution is 7.98. The Labute approximate surface area is 170 Å². The molecule has 2 aromatic carbocycles. The van der Waals surface area contributed by atoms with Crippen molar-refractivity contribution in [2.24, 2.45) is 0 Å². The molecule has 0 aliphatic carbocycles. The number of hydrogen-bond acceptors (Lipinski definition) is 4. The van der Waals surface area contributed by atoms with Gasteiger partial charge in [0, 0.05) is 42.6 Å². The zero-order valence-electron chi connectivity index (χ0n) is 15.8. The first-order chi connectivity index (χ1) is 13.1. The number of nitrogens with one attached hydrogen (secondary N) is 1. The normalized spacial score (nSPS) is 16.9. The molecule has 0 saturated carbocycles. The van der Waals surface area contributed by atoms with E-state index in [0.717, 1.165) is 48.3 Å². The van der Waals surface area contributed by atoms with Crippen molar-refractivity contribution in [3.05, 3.63) is 59.1 Å². The molecule has 0 aromatic heterocycles. The average Bonchev–Trinajstić information content (AvgIpc) is 2.70. The van der Waals surface area contributed by atoms with Crippen molar-refractivity contribution in [2.75, 3.05) is 37.8 Å². The van der Waals surface area contributed by atoms with Crippen molar-refractivity contribution in [2.45, 2.75) is 24.4 Å². The minimum atomic E-state index is -0.141. The van der Waals surface area contributed by atoms with Gasteiger partial charge in [0.2, 0.25) is 5.91 Å². The van der Waals surface area contributed by atoms with Crippen LogP contribution >= 0.6 is 23.4 Å². The number of benzene rings is 2. The van der Waals surface area contributed by atoms with Gasteiger partial charge < -0.3 is 5.32 Å². The topological polar surface area (TPSA) is 35.6 Å². The molecular weight excluding hydrogens is 378 g/mol. The van der Waals surface area contributed by atoms with E-state index < -0.39 is 0 Å². The lowest BCUT2D eigenvalue weighted by Gasteiger charge is -2.37. The molecule has 144 valence electrons. The first-order valence-corrected chi connectivity index (χ1v) is 10.8. The first kappa shape index (κ1) is 20.2. The molecule has 6 heteroatoms. The Kier molecular flexibility index (Phi) is 7.19. The first-order valence-electron chi connectivity index (χ1n) is 9.21. The van der Waals surface area contributed by atoms with Gasteiger partial charge in [-0.05, 0) is 43.0 Å². The predicted octanol–water partition coefficient (Wildman–Crippen LogP) is 4.21. The minimum Gasteiger partial charge on any atom is -0.324 e. The fourth-order valence-corrected chi connectivity index (χ4v) is 3.99. The standard InChI is InChI=1S/C21H26ClN3OS/c1-16(21(26)23-19-5-3-4-6-20(19)27-2)25-13-11-24(12-14-25)15-17-7-9-18(22)10-8-17/h3-10,16H,11-15H2,1-2H3,(H,23,26). The van der Waals surface area contributed by atoms with Gasteiger partial charge in [-0.1, -0.05) is 35.9 Å². The van der Waals surface area contributed by atoms with E-state index in [1.165, 1.54) is 5.56 Å². The lowest BCUT2D eigenvalue weighted by molar-refractivity contribution is -0.121. The summed E-state index contributed by atoms with van der Waals surface area (Å²) < 4.78 is 0. The highest BCUT2D eigenvalue weighted by atomic mass is 35.5. The van der Waals surface area contributed by atoms with Crippen LogP contribution in [0, 0.1) is 0 Å². The van der Waals surface area contributed by atoms with E-state index in [1.807, 2.05) is 49.6 Å². The number of carbonyl (C=O) groups excluding carboxylic acids is 1. The maximum Gasteiger partial charge on any atom is 0.241 e. The van der Waals surface area contributed by atoms with Crippen LogP contribution in [0.3, 0.4) is 0 Å². The summed E-state index contributed by atoms with van der Waals surface area (Å²) in [5, 5.41) is 3.86. The predicted molar refractivity (Wildman–Crippen MR) is 115 cm³/mol. The Morgan fingerprint density at radius 1 is 1.11 bits per heavy atom. The molecule has 1 aliphatic rings. The second kappa shape index (κ2) is 9.60. The quantitative estimate of drug-likeness (QED) is 0.733. The Balaban J connectivity index is 1.51. The molecule has 1 amide bonds. The molecule has 1 N–H and O–H groups in total. The molecular formula is C21H26ClN3OS. The third kappa shape index (κ3) is 5.48. The van der Waals surface area contributed by atoms with Crippen LogP contribution in [0.5, 0.6) is 0 Å². The van der Waals surface area contributed by atoms with Crippen molar-refractivity contribution >= 4 is 35.0 Å². The average molecular weight is 404 g/mol. The molecule has 2 aromatic rings. The van der Waals surface area contributed by atoms with Gasteiger partial charge in [0.05, 0.1) is 11.7 Å². The van der Waals surface area contributed by atoms with Gasteiger partial charge >= 0.3 is 0 Å². The van der Waals surface area contributed by atoms with E-state index in [2.05, 4.69) is 27.2 Å². The van der Waals surface area contributed by atoms with Crippen LogP contribution in [0.1, 0.15) is 12.5 Å². The molecule has 1 aliphatic heterocycles. The lowest BCUT2D eigenvalue weighted by atomic mass is 10.1. The highest BCUT2D eigenvalue weighted by Gasteiger charge is 2.26. The zero-order chi connectivity index (χ0) is 19.2. The maximum absolute atomic E-state index is 12.7. The molecule has 1 fully saturated rings. The number of nitrogens with zero attached hydrogens (tertiary/aromatic N) is 2. The van der Waals surface area contributed by atoms with Gasteiger partial charge in [0.1, 0.15) is 0 Å². The zero-order valence-corrected chi connectivity index (χ0v) is 17.4. The van der Waals surface area contributed by atoms with E-state index in [1.54, 1.807) is 11.8 Å². The largest absolute Gasteiger partial charge is 0.324 e. The van der Waals surface area contributed by atoms with Crippen molar-refractivity contribution in [3.63, 3.8) is 0 Å². The smallest absolute Gasteiger partial charge is 0.241 e. The van der Waals surface area contributed by atoms with Gasteiger partial charge in [0.25, 0.3) is 0 Å². The second-order valence-electron chi connectivity index (χ2n) is 6.80. The lowest BCUT2D eigenvalue weighted by Crippen LogP contribution is -2.52. The molecule has 1 saturated heterocycles. The van der Waals surface area contributed by atoms with Gasteiger partial charge in [-0.15, -0.1) is 11.8 Å². The number of amides is 1. The molecule has 0 bridgehead atoms. The molecule has 1 atom stereocenters. The van der Waals surface area contributed by atoms with Gasteiger partial charge in [-0.3, -0.25) is 14.6 Å². The van der Waals surface area contributed by atoms with Gasteiger partial charge in [0.15, 0.2) is 0 Å². The number of hydrogen-bond donors (Lipinski definition) is 1. The van der Waals surface area contributed by atoms with Gasteiger partial charge in [-0.2, -0.15) is 0 Å². The summed E-state index contributed by atoms with van der Waals surface area (Å²) in [6.07, 6.45) is 2.02. The van der Waals surface area contributed by atoms with Crippen LogP contribution in [0.25, 0.3) is 0 Å². The number of para-hydroxylation sites is 1. The van der Waals surface area contributed by atoms with Crippen molar-refractivity contribution in [1.29, 1.82) is 0 Å². The third-order valence-electron chi connectivity index (χ3n) is 5.02. The Morgan fingerprint density at radius 3 is 2.44 bits per heavy atom. The third-order valence-corrected chi connectivity index (χ3v) is 6.07. The van der Waals surface area contributed by atoms with Crippen LogP contribution in [0.2, 0.25) is 5.02 Å². The summed E-state index contributed by atoms with van der Waals surface area (Å²) in [5.74, 6) is 0.0580. The summed E-state index contributed by atoms with van der Waals surface area (Å²) >= 11 is 7.60. The van der Waals surface area contributed by atoms with Crippen molar-refractivity contribution < 1.29 is 4.79 Å². The van der Waals surface area contributed by atoms with E-state index in [0.29, 0.717) is 0 Å².